The molecular weight excluding hydrogens is 930 g/mol. The third kappa shape index (κ3) is 8.61. The minimum absolute atomic E-state index is 0.0805. The van der Waals surface area contributed by atoms with Crippen LogP contribution in [0, 0.1) is 0 Å². The molecule has 0 aliphatic heterocycles. The Morgan fingerprint density at radius 3 is 1.21 bits per heavy atom. The maximum Gasteiger partial charge on any atom is 0.821 e. The van der Waals surface area contributed by atoms with Gasteiger partial charge in [0.2, 0.25) is 0 Å². The second-order valence-corrected chi connectivity index (χ2v) is 14.1. The van der Waals surface area contributed by atoms with Crippen LogP contribution in [0.2, 0.25) is 0 Å². The summed E-state index contributed by atoms with van der Waals surface area (Å²) in [4.78, 5) is 0. The van der Waals surface area contributed by atoms with E-state index in [0.717, 1.165) is 17.9 Å². The van der Waals surface area contributed by atoms with E-state index in [9.17, 15) is 0 Å². The summed E-state index contributed by atoms with van der Waals surface area (Å²) in [5.74, 6) is 1.12. The molecule has 0 heterocycles. The molecule has 0 bridgehead atoms. The lowest BCUT2D eigenvalue weighted by atomic mass is 10.3. The van der Waals surface area contributed by atoms with Crippen molar-refractivity contribution < 1.29 is 17.7 Å². The van der Waals surface area contributed by atoms with Crippen molar-refractivity contribution in [1.82, 2.24) is 0 Å². The van der Waals surface area contributed by atoms with Gasteiger partial charge in [-0.1, -0.05) is 0 Å². The topological polar surface area (TPSA) is 36.9 Å². The van der Waals surface area contributed by atoms with Crippen molar-refractivity contribution in [3.05, 3.63) is 51.1 Å². The summed E-state index contributed by atoms with van der Waals surface area (Å²) in [5.41, 5.74) is 0. The number of rotatable bonds is 12. The zero-order chi connectivity index (χ0) is 24.8. The molecule has 2 aromatic rings. The molecular formula is C18H14Br6Cl4O4Si. The fourth-order valence-corrected chi connectivity index (χ4v) is 8.86. The highest BCUT2D eigenvalue weighted by Gasteiger charge is 2.56. The Labute approximate surface area is 263 Å². The van der Waals surface area contributed by atoms with Gasteiger partial charge in [-0.3, -0.25) is 0 Å². The summed E-state index contributed by atoms with van der Waals surface area (Å²) < 4.78 is 29.5. The van der Waals surface area contributed by atoms with Gasteiger partial charge in [-0.05, 0) is 120 Å². The Morgan fingerprint density at radius 1 is 0.576 bits per heavy atom. The Bertz CT molecular complexity index is 877. The number of hydrogen-bond donors (Lipinski definition) is 0. The predicted octanol–water partition coefficient (Wildman–Crippen LogP) is 9.88. The first-order valence-corrected chi connectivity index (χ1v) is 17.4. The average Bonchev–Trinajstić information content (AvgIpc) is 2.81. The molecule has 0 N–H and O–H groups in total. The van der Waals surface area contributed by atoms with Crippen LogP contribution in [0.1, 0.15) is 0 Å². The van der Waals surface area contributed by atoms with Gasteiger partial charge in [-0.25, -0.2) is 0 Å². The number of halogens is 10. The summed E-state index contributed by atoms with van der Waals surface area (Å²) >= 11 is 45.3. The van der Waals surface area contributed by atoms with E-state index in [-0.39, 0.29) is 23.5 Å². The first-order valence-electron chi connectivity index (χ1n) is 8.85. The summed E-state index contributed by atoms with van der Waals surface area (Å²) in [6.07, 6.45) is -1.27. The molecule has 2 aromatic carbocycles. The van der Waals surface area contributed by atoms with Crippen molar-refractivity contribution >= 4 is 151 Å². The summed E-state index contributed by atoms with van der Waals surface area (Å²) in [6.45, 7) is 0. The largest absolute Gasteiger partial charge is 0.821 e. The van der Waals surface area contributed by atoms with Crippen LogP contribution in [-0.2, 0) is 8.85 Å². The molecule has 0 amide bonds. The molecule has 0 aliphatic carbocycles. The minimum atomic E-state index is -4.10. The van der Waals surface area contributed by atoms with E-state index >= 15 is 0 Å². The van der Waals surface area contributed by atoms with E-state index in [4.69, 9.17) is 64.1 Å². The third-order valence-corrected chi connectivity index (χ3v) is 14.0. The lowest BCUT2D eigenvalue weighted by molar-refractivity contribution is 0.00340. The smallest absolute Gasteiger partial charge is 0.470 e. The van der Waals surface area contributed by atoms with Crippen LogP contribution in [0.4, 0.5) is 0 Å². The van der Waals surface area contributed by atoms with Crippen LogP contribution < -0.4 is 8.85 Å². The molecule has 33 heavy (non-hydrogen) atoms. The molecule has 15 heteroatoms. The van der Waals surface area contributed by atoms with Gasteiger partial charge in [-0.2, -0.15) is 0 Å². The highest BCUT2D eigenvalue weighted by atomic mass is 79.9. The zero-order valence-corrected chi connectivity index (χ0v) is 29.7. The molecule has 0 atom stereocenters. The molecule has 0 aliphatic rings. The standard InChI is InChI=1S/C18H14Br6Cl4O4Si/c19-11-1-3-13(17(23)15(11)21)31-33(29-9(5-25)6-26,30-10(7-27)8-28)32-14-4-2-12(20)16(22)18(14)24/h1-4,9-10H,5-8H2. The Kier molecular flexibility index (Phi) is 14.3. The van der Waals surface area contributed by atoms with E-state index in [1.165, 1.54) is 0 Å². The molecule has 4 nitrogen and oxygen atoms in total. The fourth-order valence-electron chi connectivity index (χ4n) is 2.20. The Balaban J connectivity index is 2.65. The van der Waals surface area contributed by atoms with Gasteiger partial charge in [0.15, 0.2) is 0 Å². The van der Waals surface area contributed by atoms with E-state index in [2.05, 4.69) is 95.6 Å². The van der Waals surface area contributed by atoms with Crippen LogP contribution in [0.3, 0.4) is 0 Å². The van der Waals surface area contributed by atoms with Crippen molar-refractivity contribution in [3.63, 3.8) is 0 Å². The first kappa shape index (κ1) is 31.4. The van der Waals surface area contributed by atoms with E-state index in [1.54, 1.807) is 24.3 Å². The molecule has 184 valence electrons. The normalized spacial score (nSPS) is 12.0. The highest BCUT2D eigenvalue weighted by Crippen LogP contribution is 2.42. The van der Waals surface area contributed by atoms with Crippen molar-refractivity contribution in [2.75, 3.05) is 23.5 Å². The van der Waals surface area contributed by atoms with E-state index in [0.29, 0.717) is 20.4 Å². The van der Waals surface area contributed by atoms with Gasteiger partial charge < -0.3 is 17.7 Å². The number of hydrogen-bond acceptors (Lipinski definition) is 4. The van der Waals surface area contributed by atoms with Gasteiger partial charge in [-0.15, -0.1) is 46.4 Å². The Hall–Kier alpha value is 2.22. The molecule has 0 fully saturated rings. The van der Waals surface area contributed by atoms with Crippen molar-refractivity contribution in [2.24, 2.45) is 0 Å². The second kappa shape index (κ2) is 15.0. The van der Waals surface area contributed by atoms with Crippen molar-refractivity contribution in [2.45, 2.75) is 12.2 Å². The average molecular weight is 944 g/mol. The zero-order valence-electron chi connectivity index (χ0n) is 16.2. The minimum Gasteiger partial charge on any atom is -0.470 e. The lowest BCUT2D eigenvalue weighted by Gasteiger charge is -2.33. The molecule has 0 spiro atoms. The van der Waals surface area contributed by atoms with Crippen LogP contribution in [-0.4, -0.2) is 44.8 Å². The number of benzene rings is 2. The van der Waals surface area contributed by atoms with Gasteiger partial charge in [0.05, 0.1) is 21.2 Å². The van der Waals surface area contributed by atoms with Crippen LogP contribution >= 0.6 is 142 Å². The van der Waals surface area contributed by atoms with Crippen molar-refractivity contribution in [3.8, 4) is 11.5 Å². The second-order valence-electron chi connectivity index (χ2n) is 6.15. The summed E-state index contributed by atoms with van der Waals surface area (Å²) in [5, 5.41) is 0. The first-order chi connectivity index (χ1) is 15.6. The van der Waals surface area contributed by atoms with Gasteiger partial charge >= 0.3 is 9.05 Å². The highest BCUT2D eigenvalue weighted by molar-refractivity contribution is 9.15. The van der Waals surface area contributed by atoms with Gasteiger partial charge in [0, 0.05) is 41.4 Å². The van der Waals surface area contributed by atoms with E-state index < -0.39 is 21.3 Å². The molecule has 0 unspecified atom stereocenters. The number of alkyl halides is 4. The lowest BCUT2D eigenvalue weighted by Crippen LogP contribution is -2.59. The molecule has 0 aromatic heterocycles. The van der Waals surface area contributed by atoms with Crippen LogP contribution in [0.15, 0.2) is 51.1 Å². The van der Waals surface area contributed by atoms with Gasteiger partial charge in [0.1, 0.15) is 11.5 Å². The maximum absolute atomic E-state index is 6.36. The SMILES string of the molecule is ClCC(CCl)O[Si](Oc1ccc(Br)c(Br)c1Br)(Oc1ccc(Br)c(Br)c1Br)OC(CCl)CCl. The quantitative estimate of drug-likeness (QED) is 0.121. The van der Waals surface area contributed by atoms with Crippen LogP contribution in [0.5, 0.6) is 11.5 Å². The monoisotopic (exact) mass is 935 g/mol. The molecule has 0 saturated heterocycles. The van der Waals surface area contributed by atoms with Crippen molar-refractivity contribution in [1.29, 1.82) is 0 Å². The molecule has 2 rings (SSSR count). The summed E-state index contributed by atoms with van der Waals surface area (Å²) in [6, 6.07) is 7.07. The van der Waals surface area contributed by atoms with Crippen LogP contribution in [0.25, 0.3) is 0 Å². The molecule has 0 saturated carbocycles. The summed E-state index contributed by atoms with van der Waals surface area (Å²) in [7, 11) is -4.10. The fraction of sp³-hybridized carbons (Fsp3) is 0.333. The third-order valence-electron chi connectivity index (χ3n) is 3.78. The maximum atomic E-state index is 6.36. The van der Waals surface area contributed by atoms with Gasteiger partial charge in [0.25, 0.3) is 0 Å². The Morgan fingerprint density at radius 2 is 0.909 bits per heavy atom. The predicted molar refractivity (Wildman–Crippen MR) is 159 cm³/mol. The molecule has 0 radical (unpaired) electrons. The van der Waals surface area contributed by atoms with E-state index in [1.807, 2.05) is 0 Å².